The van der Waals surface area contributed by atoms with Crippen molar-refractivity contribution >= 4 is 0 Å². The number of ether oxygens (including phenoxy) is 1. The summed E-state index contributed by atoms with van der Waals surface area (Å²) in [5, 5.41) is 3.52. The Kier molecular flexibility index (Phi) is 1.64. The van der Waals surface area contributed by atoms with Crippen LogP contribution in [0.3, 0.4) is 0 Å². The summed E-state index contributed by atoms with van der Waals surface area (Å²) >= 11 is 0. The van der Waals surface area contributed by atoms with Gasteiger partial charge in [0.15, 0.2) is 0 Å². The number of nitrogens with one attached hydrogen (secondary N) is 1. The summed E-state index contributed by atoms with van der Waals surface area (Å²) in [5.41, 5.74) is 0. The Labute approximate surface area is 61.3 Å². The first-order valence-corrected chi connectivity index (χ1v) is 3.87. The number of hydrogen-bond acceptors (Lipinski definition) is 3. The van der Waals surface area contributed by atoms with Crippen molar-refractivity contribution in [2.45, 2.75) is 12.1 Å². The van der Waals surface area contributed by atoms with Crippen LogP contribution < -0.4 is 5.32 Å². The van der Waals surface area contributed by atoms with Crippen LogP contribution in [-0.4, -0.2) is 50.3 Å². The minimum atomic E-state index is 0.652. The largest absolute Gasteiger partial charge is 0.378 e. The highest BCUT2D eigenvalue weighted by molar-refractivity contribution is 4.88. The molecule has 0 unspecified atom stereocenters. The van der Waals surface area contributed by atoms with E-state index in [1.807, 2.05) is 0 Å². The second-order valence-electron chi connectivity index (χ2n) is 3.32. The Hall–Kier alpha value is -0.120. The van der Waals surface area contributed by atoms with Crippen LogP contribution in [0.15, 0.2) is 0 Å². The topological polar surface area (TPSA) is 24.5 Å². The number of rotatable bonds is 2. The SMILES string of the molecule is CN1CC(NC2COC2)C1. The Morgan fingerprint density at radius 2 is 2.00 bits per heavy atom. The normalized spacial score (nSPS) is 29.7. The monoisotopic (exact) mass is 142 g/mol. The molecule has 2 fully saturated rings. The Morgan fingerprint density at radius 3 is 2.40 bits per heavy atom. The maximum atomic E-state index is 5.06. The third-order valence-corrected chi connectivity index (χ3v) is 2.17. The second kappa shape index (κ2) is 2.49. The van der Waals surface area contributed by atoms with Crippen molar-refractivity contribution in [2.24, 2.45) is 0 Å². The predicted octanol–water partition coefficient (Wildman–Crippen LogP) is -0.711. The lowest BCUT2D eigenvalue weighted by molar-refractivity contribution is -0.0205. The first kappa shape index (κ1) is 6.58. The van der Waals surface area contributed by atoms with Crippen LogP contribution in [0.4, 0.5) is 0 Å². The van der Waals surface area contributed by atoms with Gasteiger partial charge in [0, 0.05) is 19.1 Å². The van der Waals surface area contributed by atoms with Gasteiger partial charge in [0.2, 0.25) is 0 Å². The molecule has 3 nitrogen and oxygen atoms in total. The Balaban J connectivity index is 1.62. The van der Waals surface area contributed by atoms with Gasteiger partial charge in [-0.15, -0.1) is 0 Å². The van der Waals surface area contributed by atoms with Gasteiger partial charge in [-0.2, -0.15) is 0 Å². The molecule has 0 aromatic heterocycles. The third kappa shape index (κ3) is 1.17. The second-order valence-corrected chi connectivity index (χ2v) is 3.32. The first-order chi connectivity index (χ1) is 4.84. The number of nitrogens with zero attached hydrogens (tertiary/aromatic N) is 1. The van der Waals surface area contributed by atoms with E-state index in [1.54, 1.807) is 0 Å². The van der Waals surface area contributed by atoms with E-state index in [-0.39, 0.29) is 0 Å². The fraction of sp³-hybridized carbons (Fsp3) is 1.00. The summed E-state index contributed by atoms with van der Waals surface area (Å²) in [6, 6.07) is 1.39. The minimum absolute atomic E-state index is 0.652. The van der Waals surface area contributed by atoms with Crippen molar-refractivity contribution in [1.29, 1.82) is 0 Å². The standard InChI is InChI=1S/C7H14N2O/c1-9-2-6(3-9)8-7-4-10-5-7/h6-8H,2-5H2,1H3. The highest BCUT2D eigenvalue weighted by Crippen LogP contribution is 2.08. The molecule has 0 radical (unpaired) electrons. The number of likely N-dealkylation sites (tertiary alicyclic amines) is 1. The molecule has 0 aliphatic carbocycles. The summed E-state index contributed by atoms with van der Waals surface area (Å²) in [7, 11) is 2.15. The van der Waals surface area contributed by atoms with E-state index in [0.717, 1.165) is 19.3 Å². The maximum Gasteiger partial charge on any atom is 0.0643 e. The van der Waals surface area contributed by atoms with E-state index in [0.29, 0.717) is 6.04 Å². The van der Waals surface area contributed by atoms with E-state index < -0.39 is 0 Å². The molecule has 0 bridgehead atoms. The van der Waals surface area contributed by atoms with Crippen molar-refractivity contribution in [3.05, 3.63) is 0 Å². The lowest BCUT2D eigenvalue weighted by Gasteiger charge is -2.41. The van der Waals surface area contributed by atoms with Gasteiger partial charge in [-0.05, 0) is 7.05 Å². The maximum absolute atomic E-state index is 5.06. The Morgan fingerprint density at radius 1 is 1.30 bits per heavy atom. The zero-order valence-electron chi connectivity index (χ0n) is 6.34. The molecule has 2 aliphatic rings. The molecule has 2 rings (SSSR count). The van der Waals surface area contributed by atoms with Crippen LogP contribution >= 0.6 is 0 Å². The van der Waals surface area contributed by atoms with Gasteiger partial charge < -0.3 is 15.0 Å². The van der Waals surface area contributed by atoms with E-state index in [1.165, 1.54) is 13.1 Å². The number of hydrogen-bond donors (Lipinski definition) is 1. The van der Waals surface area contributed by atoms with Crippen LogP contribution in [0.2, 0.25) is 0 Å². The lowest BCUT2D eigenvalue weighted by Crippen LogP contribution is -2.62. The molecular weight excluding hydrogens is 128 g/mol. The van der Waals surface area contributed by atoms with Gasteiger partial charge in [0.1, 0.15) is 0 Å². The third-order valence-electron chi connectivity index (χ3n) is 2.17. The zero-order valence-corrected chi connectivity index (χ0v) is 6.34. The molecule has 58 valence electrons. The van der Waals surface area contributed by atoms with Crippen LogP contribution in [-0.2, 0) is 4.74 Å². The van der Waals surface area contributed by atoms with Gasteiger partial charge >= 0.3 is 0 Å². The van der Waals surface area contributed by atoms with Crippen LogP contribution in [0.1, 0.15) is 0 Å². The first-order valence-electron chi connectivity index (χ1n) is 3.87. The molecule has 2 saturated heterocycles. The summed E-state index contributed by atoms with van der Waals surface area (Å²) in [5.74, 6) is 0. The minimum Gasteiger partial charge on any atom is -0.378 e. The van der Waals surface area contributed by atoms with E-state index in [9.17, 15) is 0 Å². The molecule has 1 N–H and O–H groups in total. The molecule has 0 amide bonds. The van der Waals surface area contributed by atoms with Crippen LogP contribution in [0, 0.1) is 0 Å². The van der Waals surface area contributed by atoms with Gasteiger partial charge in [0.05, 0.1) is 19.3 Å². The molecule has 0 spiro atoms. The van der Waals surface area contributed by atoms with Gasteiger partial charge in [-0.25, -0.2) is 0 Å². The summed E-state index contributed by atoms with van der Waals surface area (Å²) in [4.78, 5) is 2.32. The fourth-order valence-electron chi connectivity index (χ4n) is 1.47. The highest BCUT2D eigenvalue weighted by atomic mass is 16.5. The summed E-state index contributed by atoms with van der Waals surface area (Å²) in [6.07, 6.45) is 0. The molecule has 2 heterocycles. The molecule has 3 heteroatoms. The summed E-state index contributed by atoms with van der Waals surface area (Å²) < 4.78 is 5.06. The average molecular weight is 142 g/mol. The van der Waals surface area contributed by atoms with Crippen molar-refractivity contribution < 1.29 is 4.74 Å². The van der Waals surface area contributed by atoms with Gasteiger partial charge in [-0.1, -0.05) is 0 Å². The molecule has 0 aromatic rings. The molecular formula is C7H14N2O. The van der Waals surface area contributed by atoms with Crippen molar-refractivity contribution in [3.63, 3.8) is 0 Å². The molecule has 2 aliphatic heterocycles. The molecule has 0 saturated carbocycles. The van der Waals surface area contributed by atoms with Gasteiger partial charge in [0.25, 0.3) is 0 Å². The van der Waals surface area contributed by atoms with Gasteiger partial charge in [-0.3, -0.25) is 0 Å². The summed E-state index contributed by atoms with van der Waals surface area (Å²) in [6.45, 7) is 4.24. The highest BCUT2D eigenvalue weighted by Gasteiger charge is 2.28. The molecule has 0 aromatic carbocycles. The molecule has 0 atom stereocenters. The van der Waals surface area contributed by atoms with Crippen LogP contribution in [0.25, 0.3) is 0 Å². The van der Waals surface area contributed by atoms with E-state index in [4.69, 9.17) is 4.74 Å². The zero-order chi connectivity index (χ0) is 6.97. The quantitative estimate of drug-likeness (QED) is 0.551. The van der Waals surface area contributed by atoms with Crippen molar-refractivity contribution in [3.8, 4) is 0 Å². The van der Waals surface area contributed by atoms with E-state index >= 15 is 0 Å². The van der Waals surface area contributed by atoms with Crippen molar-refractivity contribution in [2.75, 3.05) is 33.4 Å². The van der Waals surface area contributed by atoms with Crippen molar-refractivity contribution in [1.82, 2.24) is 10.2 Å². The average Bonchev–Trinajstić information content (AvgIpc) is 1.72. The number of likely N-dealkylation sites (N-methyl/N-ethyl adjacent to an activating group) is 1. The Bertz CT molecular complexity index is 119. The fourth-order valence-corrected chi connectivity index (χ4v) is 1.47. The molecule has 10 heavy (non-hydrogen) atoms. The smallest absolute Gasteiger partial charge is 0.0643 e. The lowest BCUT2D eigenvalue weighted by atomic mass is 10.1. The predicted molar refractivity (Wildman–Crippen MR) is 39.0 cm³/mol. The van der Waals surface area contributed by atoms with E-state index in [2.05, 4.69) is 17.3 Å². The van der Waals surface area contributed by atoms with Crippen LogP contribution in [0.5, 0.6) is 0 Å².